The molecule has 0 fully saturated rings. The molecule has 0 unspecified atom stereocenters. The van der Waals surface area contributed by atoms with Crippen LogP contribution in [0.2, 0.25) is 0 Å². The molecule has 1 heterocycles. The molecule has 1 N–H and O–H groups in total. The number of halogens is 1. The second-order valence-corrected chi connectivity index (χ2v) is 5.00. The second-order valence-electron chi connectivity index (χ2n) is 4.21. The summed E-state index contributed by atoms with van der Waals surface area (Å²) in [6.45, 7) is 2.93. The Kier molecular flexibility index (Phi) is 4.75. The molecular weight excluding hydrogens is 324 g/mol. The standard InChI is InChI=1S/C13H13BrN4O2/c1-9-16-6-5-11(17-9)8-15-7-10-3-2-4-12(13(10)14)18(19)20/h2-6,15H,7-8H2,1H3. The van der Waals surface area contributed by atoms with Crippen LogP contribution >= 0.6 is 15.9 Å². The van der Waals surface area contributed by atoms with Gasteiger partial charge >= 0.3 is 0 Å². The van der Waals surface area contributed by atoms with Crippen molar-refractivity contribution in [3.8, 4) is 0 Å². The minimum atomic E-state index is -0.401. The topological polar surface area (TPSA) is 81.0 Å². The van der Waals surface area contributed by atoms with Crippen LogP contribution in [0.4, 0.5) is 5.69 Å². The fourth-order valence-corrected chi connectivity index (χ4v) is 2.32. The van der Waals surface area contributed by atoms with Crippen LogP contribution in [0.15, 0.2) is 34.9 Å². The van der Waals surface area contributed by atoms with E-state index in [0.29, 0.717) is 17.6 Å². The number of hydrogen-bond donors (Lipinski definition) is 1. The molecule has 0 spiro atoms. The van der Waals surface area contributed by atoms with Gasteiger partial charge < -0.3 is 5.32 Å². The summed E-state index contributed by atoms with van der Waals surface area (Å²) in [5.41, 5.74) is 1.80. The van der Waals surface area contributed by atoms with E-state index in [1.54, 1.807) is 12.3 Å². The van der Waals surface area contributed by atoms with Gasteiger partial charge in [-0.05, 0) is 34.5 Å². The number of nitro groups is 1. The maximum Gasteiger partial charge on any atom is 0.283 e. The molecule has 0 bridgehead atoms. The van der Waals surface area contributed by atoms with Gasteiger partial charge in [-0.25, -0.2) is 9.97 Å². The Morgan fingerprint density at radius 2 is 2.15 bits per heavy atom. The maximum absolute atomic E-state index is 10.8. The fraction of sp³-hybridized carbons (Fsp3) is 0.231. The third kappa shape index (κ3) is 3.58. The van der Waals surface area contributed by atoms with Gasteiger partial charge in [-0.2, -0.15) is 0 Å². The van der Waals surface area contributed by atoms with Gasteiger partial charge in [0, 0.05) is 25.4 Å². The van der Waals surface area contributed by atoms with E-state index >= 15 is 0 Å². The number of benzene rings is 1. The molecule has 104 valence electrons. The van der Waals surface area contributed by atoms with Crippen LogP contribution in [-0.4, -0.2) is 14.9 Å². The van der Waals surface area contributed by atoms with E-state index in [9.17, 15) is 10.1 Å². The number of nitrogens with one attached hydrogen (secondary N) is 1. The Labute approximate surface area is 124 Å². The van der Waals surface area contributed by atoms with Crippen LogP contribution < -0.4 is 5.32 Å². The molecule has 0 aliphatic rings. The molecule has 1 aromatic heterocycles. The minimum Gasteiger partial charge on any atom is -0.307 e. The van der Waals surface area contributed by atoms with Gasteiger partial charge in [0.25, 0.3) is 5.69 Å². The van der Waals surface area contributed by atoms with E-state index in [4.69, 9.17) is 0 Å². The molecule has 0 amide bonds. The van der Waals surface area contributed by atoms with E-state index < -0.39 is 4.92 Å². The van der Waals surface area contributed by atoms with Crippen LogP contribution in [0.3, 0.4) is 0 Å². The van der Waals surface area contributed by atoms with Gasteiger partial charge in [-0.15, -0.1) is 0 Å². The molecule has 2 aromatic rings. The Morgan fingerprint density at radius 3 is 2.85 bits per heavy atom. The van der Waals surface area contributed by atoms with E-state index in [-0.39, 0.29) is 5.69 Å². The Hall–Kier alpha value is -1.86. The van der Waals surface area contributed by atoms with Gasteiger partial charge in [-0.1, -0.05) is 12.1 Å². The third-order valence-electron chi connectivity index (χ3n) is 2.71. The lowest BCUT2D eigenvalue weighted by molar-refractivity contribution is -0.385. The maximum atomic E-state index is 10.8. The third-order valence-corrected chi connectivity index (χ3v) is 3.63. The van der Waals surface area contributed by atoms with Crippen molar-refractivity contribution < 1.29 is 4.92 Å². The predicted octanol–water partition coefficient (Wildman–Crippen LogP) is 2.75. The molecule has 1 aromatic carbocycles. The molecule has 20 heavy (non-hydrogen) atoms. The summed E-state index contributed by atoms with van der Waals surface area (Å²) >= 11 is 3.27. The molecule has 7 heteroatoms. The number of hydrogen-bond acceptors (Lipinski definition) is 5. The molecular formula is C13H13BrN4O2. The average molecular weight is 337 g/mol. The minimum absolute atomic E-state index is 0.0715. The highest BCUT2D eigenvalue weighted by molar-refractivity contribution is 9.10. The van der Waals surface area contributed by atoms with E-state index in [1.165, 1.54) is 6.07 Å². The van der Waals surface area contributed by atoms with Crippen LogP contribution in [0.1, 0.15) is 17.1 Å². The lowest BCUT2D eigenvalue weighted by Gasteiger charge is -2.07. The van der Waals surface area contributed by atoms with Crippen LogP contribution in [0.5, 0.6) is 0 Å². The monoisotopic (exact) mass is 336 g/mol. The van der Waals surface area contributed by atoms with E-state index in [2.05, 4.69) is 31.2 Å². The van der Waals surface area contributed by atoms with E-state index in [0.717, 1.165) is 17.1 Å². The smallest absolute Gasteiger partial charge is 0.283 e. The summed E-state index contributed by atoms with van der Waals surface area (Å²) in [4.78, 5) is 18.8. The number of aromatic nitrogens is 2. The average Bonchev–Trinajstić information content (AvgIpc) is 2.40. The van der Waals surface area contributed by atoms with E-state index in [1.807, 2.05) is 19.1 Å². The number of nitro benzene ring substituents is 1. The molecule has 0 saturated heterocycles. The molecule has 0 aliphatic carbocycles. The van der Waals surface area contributed by atoms with Gasteiger partial charge in [0.05, 0.1) is 15.1 Å². The Balaban J connectivity index is 2.01. The molecule has 0 atom stereocenters. The summed E-state index contributed by atoms with van der Waals surface area (Å²) in [6, 6.07) is 6.83. The van der Waals surface area contributed by atoms with Crippen molar-refractivity contribution in [3.63, 3.8) is 0 Å². The summed E-state index contributed by atoms with van der Waals surface area (Å²) < 4.78 is 0.511. The van der Waals surface area contributed by atoms with Crippen LogP contribution in [0, 0.1) is 17.0 Å². The number of nitrogens with zero attached hydrogens (tertiary/aromatic N) is 3. The zero-order valence-corrected chi connectivity index (χ0v) is 12.4. The Morgan fingerprint density at radius 1 is 1.35 bits per heavy atom. The second kappa shape index (κ2) is 6.53. The summed E-state index contributed by atoms with van der Waals surface area (Å²) in [5, 5.41) is 14.1. The summed E-state index contributed by atoms with van der Waals surface area (Å²) in [5.74, 6) is 0.723. The van der Waals surface area contributed by atoms with Crippen molar-refractivity contribution in [2.75, 3.05) is 0 Å². The Bertz CT molecular complexity index is 634. The van der Waals surface area contributed by atoms with Gasteiger partial charge in [0.15, 0.2) is 0 Å². The highest BCUT2D eigenvalue weighted by atomic mass is 79.9. The largest absolute Gasteiger partial charge is 0.307 e. The van der Waals surface area contributed by atoms with Crippen molar-refractivity contribution >= 4 is 21.6 Å². The van der Waals surface area contributed by atoms with Crippen molar-refractivity contribution in [1.29, 1.82) is 0 Å². The highest BCUT2D eigenvalue weighted by Crippen LogP contribution is 2.28. The first kappa shape index (κ1) is 14.5. The van der Waals surface area contributed by atoms with Crippen molar-refractivity contribution in [3.05, 3.63) is 62.1 Å². The normalized spacial score (nSPS) is 10.5. The first-order chi connectivity index (χ1) is 9.58. The molecule has 6 nitrogen and oxygen atoms in total. The zero-order chi connectivity index (χ0) is 14.5. The van der Waals surface area contributed by atoms with Crippen molar-refractivity contribution in [2.45, 2.75) is 20.0 Å². The highest BCUT2D eigenvalue weighted by Gasteiger charge is 2.14. The van der Waals surface area contributed by atoms with Crippen molar-refractivity contribution in [2.24, 2.45) is 0 Å². The molecule has 0 aliphatic heterocycles. The first-order valence-electron chi connectivity index (χ1n) is 5.99. The quantitative estimate of drug-likeness (QED) is 0.670. The fourth-order valence-electron chi connectivity index (χ4n) is 1.77. The molecule has 0 saturated carbocycles. The van der Waals surface area contributed by atoms with Gasteiger partial charge in [0.1, 0.15) is 5.82 Å². The zero-order valence-electron chi connectivity index (χ0n) is 10.8. The first-order valence-corrected chi connectivity index (χ1v) is 6.78. The van der Waals surface area contributed by atoms with Gasteiger partial charge in [-0.3, -0.25) is 10.1 Å². The number of aryl methyl sites for hydroxylation is 1. The summed E-state index contributed by atoms with van der Waals surface area (Å²) in [7, 11) is 0. The summed E-state index contributed by atoms with van der Waals surface area (Å²) in [6.07, 6.45) is 1.71. The SMILES string of the molecule is Cc1nccc(CNCc2cccc([N+](=O)[O-])c2Br)n1. The lowest BCUT2D eigenvalue weighted by atomic mass is 10.2. The van der Waals surface area contributed by atoms with Crippen molar-refractivity contribution in [1.82, 2.24) is 15.3 Å². The molecule has 2 rings (SSSR count). The number of rotatable bonds is 5. The van der Waals surface area contributed by atoms with Crippen LogP contribution in [-0.2, 0) is 13.1 Å². The lowest BCUT2D eigenvalue weighted by Crippen LogP contribution is -2.14. The predicted molar refractivity (Wildman–Crippen MR) is 78.1 cm³/mol. The van der Waals surface area contributed by atoms with Crippen LogP contribution in [0.25, 0.3) is 0 Å². The molecule has 0 radical (unpaired) electrons. The van der Waals surface area contributed by atoms with Gasteiger partial charge in [0.2, 0.25) is 0 Å².